The third-order valence-electron chi connectivity index (χ3n) is 4.94. The van der Waals surface area contributed by atoms with Crippen molar-refractivity contribution in [2.45, 2.75) is 12.8 Å². The number of aromatic nitrogens is 1. The molecule has 0 saturated carbocycles. The molecule has 3 aromatic rings. The number of fused-ring (bicyclic) bond motifs is 1. The quantitative estimate of drug-likeness (QED) is 0.686. The number of aliphatic hydroxyl groups is 1. The molecule has 6 nitrogen and oxygen atoms in total. The van der Waals surface area contributed by atoms with E-state index in [-0.39, 0.29) is 6.08 Å². The lowest BCUT2D eigenvalue weighted by atomic mass is 9.98. The van der Waals surface area contributed by atoms with Crippen molar-refractivity contribution in [1.82, 2.24) is 9.88 Å². The van der Waals surface area contributed by atoms with Gasteiger partial charge in [-0.1, -0.05) is 12.1 Å². The summed E-state index contributed by atoms with van der Waals surface area (Å²) in [7, 11) is 0. The monoisotopic (exact) mass is 368 g/mol. The lowest BCUT2D eigenvalue weighted by molar-refractivity contribution is 0.118. The van der Waals surface area contributed by atoms with Crippen LogP contribution in [0.3, 0.4) is 0 Å². The van der Waals surface area contributed by atoms with Gasteiger partial charge in [0.2, 0.25) is 0 Å². The van der Waals surface area contributed by atoms with Crippen molar-refractivity contribution in [2.24, 2.45) is 5.92 Å². The van der Waals surface area contributed by atoms with Crippen LogP contribution in [0.25, 0.3) is 11.1 Å². The summed E-state index contributed by atoms with van der Waals surface area (Å²) < 4.78 is 17.1. The first kappa shape index (κ1) is 17.8. The SMILES string of the molecule is OCC1CCN(CCOc2ccc(Oc3nc4ccccc4o3)cc2)CC1. The normalized spacial score (nSPS) is 15.9. The average molecular weight is 368 g/mol. The maximum atomic E-state index is 9.19. The zero-order valence-corrected chi connectivity index (χ0v) is 15.2. The van der Waals surface area contributed by atoms with Crippen molar-refractivity contribution in [3.8, 4) is 17.6 Å². The molecule has 142 valence electrons. The van der Waals surface area contributed by atoms with Crippen LogP contribution in [0.2, 0.25) is 0 Å². The Morgan fingerprint density at radius 1 is 1.04 bits per heavy atom. The Kier molecular flexibility index (Phi) is 5.55. The first-order chi connectivity index (χ1) is 13.3. The van der Waals surface area contributed by atoms with Crippen molar-refractivity contribution in [1.29, 1.82) is 0 Å². The average Bonchev–Trinajstić information content (AvgIpc) is 3.12. The summed E-state index contributed by atoms with van der Waals surface area (Å²) in [5.41, 5.74) is 1.48. The van der Waals surface area contributed by atoms with Crippen molar-refractivity contribution >= 4 is 11.1 Å². The molecule has 6 heteroatoms. The van der Waals surface area contributed by atoms with Crippen LogP contribution in [0.4, 0.5) is 0 Å². The molecular weight excluding hydrogens is 344 g/mol. The van der Waals surface area contributed by atoms with Crippen molar-refractivity contribution in [3.05, 3.63) is 48.5 Å². The van der Waals surface area contributed by atoms with E-state index in [2.05, 4.69) is 9.88 Å². The Bertz CT molecular complexity index is 821. The Balaban J connectivity index is 1.25. The Hall–Kier alpha value is -2.57. The summed E-state index contributed by atoms with van der Waals surface area (Å²) in [4.78, 5) is 6.69. The molecule has 1 aromatic heterocycles. The molecule has 0 unspecified atom stereocenters. The predicted octanol–water partition coefficient (Wildman–Crippen LogP) is 3.70. The smallest absolute Gasteiger partial charge is 0.400 e. The minimum Gasteiger partial charge on any atom is -0.492 e. The van der Waals surface area contributed by atoms with Crippen molar-refractivity contribution in [3.63, 3.8) is 0 Å². The van der Waals surface area contributed by atoms with Gasteiger partial charge in [-0.15, -0.1) is 0 Å². The van der Waals surface area contributed by atoms with E-state index in [0.29, 0.717) is 30.5 Å². The number of benzene rings is 2. The van der Waals surface area contributed by atoms with Gasteiger partial charge in [-0.3, -0.25) is 4.90 Å². The molecule has 27 heavy (non-hydrogen) atoms. The number of nitrogens with zero attached hydrogens (tertiary/aromatic N) is 2. The maximum Gasteiger partial charge on any atom is 0.400 e. The second-order valence-electron chi connectivity index (χ2n) is 6.84. The van der Waals surface area contributed by atoms with Crippen LogP contribution >= 0.6 is 0 Å². The summed E-state index contributed by atoms with van der Waals surface area (Å²) in [6.45, 7) is 3.93. The lowest BCUT2D eigenvalue weighted by Gasteiger charge is -2.30. The van der Waals surface area contributed by atoms with E-state index in [1.807, 2.05) is 48.5 Å². The zero-order valence-electron chi connectivity index (χ0n) is 15.2. The first-order valence-electron chi connectivity index (χ1n) is 9.39. The lowest BCUT2D eigenvalue weighted by Crippen LogP contribution is -2.37. The first-order valence-corrected chi connectivity index (χ1v) is 9.39. The zero-order chi connectivity index (χ0) is 18.5. The molecule has 0 atom stereocenters. The molecule has 0 bridgehead atoms. The van der Waals surface area contributed by atoms with Gasteiger partial charge in [0.15, 0.2) is 5.58 Å². The molecular formula is C21H24N2O4. The molecule has 1 aliphatic heterocycles. The van der Waals surface area contributed by atoms with Crippen LogP contribution in [-0.2, 0) is 0 Å². The van der Waals surface area contributed by atoms with E-state index in [9.17, 15) is 5.11 Å². The van der Waals surface area contributed by atoms with Crippen molar-refractivity contribution < 1.29 is 19.0 Å². The van der Waals surface area contributed by atoms with E-state index >= 15 is 0 Å². The molecule has 1 N–H and O–H groups in total. The van der Waals surface area contributed by atoms with Gasteiger partial charge in [-0.25, -0.2) is 0 Å². The standard InChI is InChI=1S/C21H24N2O4/c24-15-16-9-11-23(12-10-16)13-14-25-17-5-7-18(8-6-17)26-21-22-19-3-1-2-4-20(19)27-21/h1-8,16,24H,9-15H2. The summed E-state index contributed by atoms with van der Waals surface area (Å²) in [6, 6.07) is 15.0. The minimum atomic E-state index is 0.233. The second kappa shape index (κ2) is 8.41. The van der Waals surface area contributed by atoms with Gasteiger partial charge in [0.1, 0.15) is 23.6 Å². The van der Waals surface area contributed by atoms with Crippen LogP contribution in [0, 0.1) is 5.92 Å². The molecule has 1 fully saturated rings. The molecule has 2 heterocycles. The number of rotatable bonds is 7. The van der Waals surface area contributed by atoms with Gasteiger partial charge < -0.3 is 19.0 Å². The molecule has 0 radical (unpaired) electrons. The number of piperidine rings is 1. The number of likely N-dealkylation sites (tertiary alicyclic amines) is 1. The summed E-state index contributed by atoms with van der Waals surface area (Å²) in [5, 5.41) is 9.19. The molecule has 0 spiro atoms. The summed E-state index contributed by atoms with van der Waals surface area (Å²) in [5.74, 6) is 1.93. The number of para-hydroxylation sites is 2. The highest BCUT2D eigenvalue weighted by Gasteiger charge is 2.18. The van der Waals surface area contributed by atoms with Gasteiger partial charge >= 0.3 is 6.08 Å². The number of aliphatic hydroxyl groups excluding tert-OH is 1. The highest BCUT2D eigenvalue weighted by molar-refractivity contribution is 5.72. The fraction of sp³-hybridized carbons (Fsp3) is 0.381. The Morgan fingerprint density at radius 2 is 1.78 bits per heavy atom. The second-order valence-corrected chi connectivity index (χ2v) is 6.84. The highest BCUT2D eigenvalue weighted by Crippen LogP contribution is 2.26. The van der Waals surface area contributed by atoms with Gasteiger partial charge in [-0.2, -0.15) is 4.98 Å². The van der Waals surface area contributed by atoms with E-state index in [4.69, 9.17) is 13.9 Å². The van der Waals surface area contributed by atoms with Gasteiger partial charge in [0, 0.05) is 13.2 Å². The Morgan fingerprint density at radius 3 is 2.52 bits per heavy atom. The van der Waals surface area contributed by atoms with Crippen LogP contribution in [0.5, 0.6) is 17.6 Å². The van der Waals surface area contributed by atoms with Crippen molar-refractivity contribution in [2.75, 3.05) is 32.8 Å². The highest BCUT2D eigenvalue weighted by atomic mass is 16.6. The summed E-state index contributed by atoms with van der Waals surface area (Å²) in [6.07, 6.45) is 2.37. The fourth-order valence-corrected chi connectivity index (χ4v) is 3.28. The van der Waals surface area contributed by atoms with Gasteiger partial charge in [0.25, 0.3) is 0 Å². The molecule has 0 aliphatic carbocycles. The van der Waals surface area contributed by atoms with Crippen LogP contribution in [-0.4, -0.2) is 47.8 Å². The van der Waals surface area contributed by atoms with E-state index < -0.39 is 0 Å². The van der Waals surface area contributed by atoms with Gasteiger partial charge in [-0.05, 0) is 68.2 Å². The fourth-order valence-electron chi connectivity index (χ4n) is 3.28. The van der Waals surface area contributed by atoms with E-state index in [1.165, 1.54) is 0 Å². The number of oxazole rings is 1. The van der Waals surface area contributed by atoms with E-state index in [1.54, 1.807) is 0 Å². The number of ether oxygens (including phenoxy) is 2. The molecule has 4 rings (SSSR count). The number of hydrogen-bond donors (Lipinski definition) is 1. The topological polar surface area (TPSA) is 68.0 Å². The molecule has 1 aliphatic rings. The van der Waals surface area contributed by atoms with Crippen LogP contribution < -0.4 is 9.47 Å². The van der Waals surface area contributed by atoms with Crippen LogP contribution in [0.15, 0.2) is 52.9 Å². The maximum absolute atomic E-state index is 9.19. The molecule has 2 aromatic carbocycles. The Labute approximate surface area is 158 Å². The minimum absolute atomic E-state index is 0.233. The predicted molar refractivity (Wildman–Crippen MR) is 102 cm³/mol. The van der Waals surface area contributed by atoms with E-state index in [0.717, 1.165) is 43.7 Å². The summed E-state index contributed by atoms with van der Waals surface area (Å²) >= 11 is 0. The third kappa shape index (κ3) is 4.59. The molecule has 0 amide bonds. The largest absolute Gasteiger partial charge is 0.492 e. The third-order valence-corrected chi connectivity index (χ3v) is 4.94. The number of hydrogen-bond acceptors (Lipinski definition) is 6. The molecule has 1 saturated heterocycles. The van der Waals surface area contributed by atoms with Crippen LogP contribution in [0.1, 0.15) is 12.8 Å². The van der Waals surface area contributed by atoms with Gasteiger partial charge in [0.05, 0.1) is 0 Å².